The fourth-order valence-electron chi connectivity index (χ4n) is 2.19. The molecule has 2 aromatic rings. The number of hydrogen-bond acceptors (Lipinski definition) is 4. The highest BCUT2D eigenvalue weighted by Crippen LogP contribution is 2.15. The van der Waals surface area contributed by atoms with Gasteiger partial charge in [-0.25, -0.2) is 4.79 Å². The molecule has 2 rings (SSSR count). The molecule has 0 fully saturated rings. The number of nitrogens with one attached hydrogen (secondary N) is 2. The highest BCUT2D eigenvalue weighted by molar-refractivity contribution is 5.96. The molecule has 2 N–H and O–H groups in total. The molecule has 0 aliphatic rings. The van der Waals surface area contributed by atoms with Crippen LogP contribution in [0.1, 0.15) is 21.5 Å². The van der Waals surface area contributed by atoms with Crippen LogP contribution < -0.4 is 10.6 Å². The zero-order valence-corrected chi connectivity index (χ0v) is 13.3. The number of methoxy groups -OCH3 is 1. The van der Waals surface area contributed by atoms with Crippen molar-refractivity contribution in [3.8, 4) is 0 Å². The second-order valence-corrected chi connectivity index (χ2v) is 5.16. The molecule has 120 valence electrons. The maximum Gasteiger partial charge on any atom is 0.339 e. The van der Waals surface area contributed by atoms with Crippen molar-refractivity contribution in [2.45, 2.75) is 13.5 Å². The maximum absolute atomic E-state index is 11.9. The second kappa shape index (κ2) is 7.98. The van der Waals surface area contributed by atoms with E-state index in [0.717, 1.165) is 11.1 Å². The number of hydrogen-bond donors (Lipinski definition) is 2. The SMILES string of the molecule is COC(=O)c1ccccc1NCC(=O)NCc1cccc(C)c1. The van der Waals surface area contributed by atoms with E-state index in [-0.39, 0.29) is 12.5 Å². The van der Waals surface area contributed by atoms with E-state index in [9.17, 15) is 9.59 Å². The number of esters is 1. The number of aryl methyl sites for hydroxylation is 1. The number of carbonyl (C=O) groups excluding carboxylic acids is 2. The summed E-state index contributed by atoms with van der Waals surface area (Å²) in [5.41, 5.74) is 3.18. The summed E-state index contributed by atoms with van der Waals surface area (Å²) in [4.78, 5) is 23.6. The van der Waals surface area contributed by atoms with Crippen LogP contribution in [0.3, 0.4) is 0 Å². The molecule has 0 heterocycles. The second-order valence-electron chi connectivity index (χ2n) is 5.16. The molecule has 0 aliphatic heterocycles. The normalized spacial score (nSPS) is 10.0. The average molecular weight is 312 g/mol. The molecule has 23 heavy (non-hydrogen) atoms. The molecule has 1 amide bonds. The number of amides is 1. The van der Waals surface area contributed by atoms with Gasteiger partial charge < -0.3 is 15.4 Å². The first-order chi connectivity index (χ1) is 11.1. The van der Waals surface area contributed by atoms with Gasteiger partial charge in [0.15, 0.2) is 0 Å². The van der Waals surface area contributed by atoms with Gasteiger partial charge in [-0.05, 0) is 24.6 Å². The molecule has 5 heteroatoms. The first kappa shape index (κ1) is 16.5. The molecular formula is C18H20N2O3. The fourth-order valence-corrected chi connectivity index (χ4v) is 2.19. The number of rotatable bonds is 6. The van der Waals surface area contributed by atoms with E-state index in [1.54, 1.807) is 24.3 Å². The Hall–Kier alpha value is -2.82. The summed E-state index contributed by atoms with van der Waals surface area (Å²) in [6, 6.07) is 14.9. The Balaban J connectivity index is 1.89. The van der Waals surface area contributed by atoms with E-state index < -0.39 is 5.97 Å². The largest absolute Gasteiger partial charge is 0.465 e. The Kier molecular flexibility index (Phi) is 5.74. The average Bonchev–Trinajstić information content (AvgIpc) is 2.57. The Morgan fingerprint density at radius 1 is 1.09 bits per heavy atom. The molecule has 0 spiro atoms. The molecule has 0 aromatic heterocycles. The summed E-state index contributed by atoms with van der Waals surface area (Å²) >= 11 is 0. The van der Waals surface area contributed by atoms with Gasteiger partial charge in [-0.3, -0.25) is 4.79 Å². The van der Waals surface area contributed by atoms with Gasteiger partial charge in [-0.2, -0.15) is 0 Å². The monoisotopic (exact) mass is 312 g/mol. The van der Waals surface area contributed by atoms with Crippen LogP contribution in [0.4, 0.5) is 5.69 Å². The molecule has 2 aromatic carbocycles. The highest BCUT2D eigenvalue weighted by Gasteiger charge is 2.11. The van der Waals surface area contributed by atoms with E-state index in [1.165, 1.54) is 7.11 Å². The van der Waals surface area contributed by atoms with Crippen LogP contribution in [0.25, 0.3) is 0 Å². The lowest BCUT2D eigenvalue weighted by molar-refractivity contribution is -0.119. The third kappa shape index (κ3) is 4.85. The highest BCUT2D eigenvalue weighted by atomic mass is 16.5. The van der Waals surface area contributed by atoms with Gasteiger partial charge in [0.1, 0.15) is 0 Å². The number of benzene rings is 2. The van der Waals surface area contributed by atoms with Gasteiger partial charge in [-0.15, -0.1) is 0 Å². The van der Waals surface area contributed by atoms with Crippen molar-refractivity contribution in [1.29, 1.82) is 0 Å². The van der Waals surface area contributed by atoms with Crippen molar-refractivity contribution in [2.24, 2.45) is 0 Å². The van der Waals surface area contributed by atoms with E-state index >= 15 is 0 Å². The summed E-state index contributed by atoms with van der Waals surface area (Å²) in [7, 11) is 1.33. The van der Waals surface area contributed by atoms with Gasteiger partial charge in [0.25, 0.3) is 0 Å². The third-order valence-electron chi connectivity index (χ3n) is 3.34. The summed E-state index contributed by atoms with van der Waals surface area (Å²) in [5, 5.41) is 5.80. The van der Waals surface area contributed by atoms with E-state index in [2.05, 4.69) is 10.6 Å². The van der Waals surface area contributed by atoms with Crippen LogP contribution in [0.2, 0.25) is 0 Å². The summed E-state index contributed by atoms with van der Waals surface area (Å²) in [6.45, 7) is 2.57. The number of para-hydroxylation sites is 1. The van der Waals surface area contributed by atoms with Crippen LogP contribution in [-0.2, 0) is 16.1 Å². The quantitative estimate of drug-likeness (QED) is 0.804. The smallest absolute Gasteiger partial charge is 0.339 e. The Labute approximate surface area is 135 Å². The molecule has 0 aliphatic carbocycles. The molecule has 0 unspecified atom stereocenters. The van der Waals surface area contributed by atoms with Crippen molar-refractivity contribution in [3.63, 3.8) is 0 Å². The van der Waals surface area contributed by atoms with E-state index in [0.29, 0.717) is 17.8 Å². The predicted octanol–water partition coefficient (Wildman–Crippen LogP) is 2.51. The minimum Gasteiger partial charge on any atom is -0.465 e. The molecule has 5 nitrogen and oxygen atoms in total. The lowest BCUT2D eigenvalue weighted by atomic mass is 10.1. The fraction of sp³-hybridized carbons (Fsp3) is 0.222. The van der Waals surface area contributed by atoms with Gasteiger partial charge in [0, 0.05) is 12.2 Å². The number of anilines is 1. The first-order valence-electron chi connectivity index (χ1n) is 7.33. The van der Waals surface area contributed by atoms with Crippen LogP contribution in [0.15, 0.2) is 48.5 Å². The molecular weight excluding hydrogens is 292 g/mol. The molecule has 0 saturated heterocycles. The van der Waals surface area contributed by atoms with Crippen LogP contribution in [0.5, 0.6) is 0 Å². The Bertz CT molecular complexity index is 698. The van der Waals surface area contributed by atoms with Gasteiger partial charge in [0.2, 0.25) is 5.91 Å². The lowest BCUT2D eigenvalue weighted by Gasteiger charge is -2.11. The first-order valence-corrected chi connectivity index (χ1v) is 7.33. The van der Waals surface area contributed by atoms with Crippen molar-refractivity contribution in [3.05, 3.63) is 65.2 Å². The van der Waals surface area contributed by atoms with Crippen LogP contribution in [0, 0.1) is 6.92 Å². The predicted molar refractivity (Wildman–Crippen MR) is 89.3 cm³/mol. The van der Waals surface area contributed by atoms with Crippen LogP contribution in [-0.4, -0.2) is 25.5 Å². The minimum atomic E-state index is -0.437. The molecule has 0 saturated carbocycles. The van der Waals surface area contributed by atoms with Crippen molar-refractivity contribution >= 4 is 17.6 Å². The maximum atomic E-state index is 11.9. The van der Waals surface area contributed by atoms with Gasteiger partial charge >= 0.3 is 5.97 Å². The topological polar surface area (TPSA) is 67.4 Å². The zero-order chi connectivity index (χ0) is 16.7. The molecule has 0 atom stereocenters. The summed E-state index contributed by atoms with van der Waals surface area (Å²) in [6.07, 6.45) is 0. The number of carbonyl (C=O) groups is 2. The number of ether oxygens (including phenoxy) is 1. The van der Waals surface area contributed by atoms with Crippen LogP contribution >= 0.6 is 0 Å². The molecule has 0 radical (unpaired) electrons. The van der Waals surface area contributed by atoms with Gasteiger partial charge in [-0.1, -0.05) is 42.0 Å². The minimum absolute atomic E-state index is 0.0832. The molecule has 0 bridgehead atoms. The van der Waals surface area contributed by atoms with Crippen molar-refractivity contribution < 1.29 is 14.3 Å². The Morgan fingerprint density at radius 2 is 1.87 bits per heavy atom. The zero-order valence-electron chi connectivity index (χ0n) is 13.3. The standard InChI is InChI=1S/C18H20N2O3/c1-13-6-5-7-14(10-13)11-20-17(21)12-19-16-9-4-3-8-15(16)18(22)23-2/h3-10,19H,11-12H2,1-2H3,(H,20,21). The van der Waals surface area contributed by atoms with E-state index in [1.807, 2.05) is 31.2 Å². The lowest BCUT2D eigenvalue weighted by Crippen LogP contribution is -2.29. The third-order valence-corrected chi connectivity index (χ3v) is 3.34. The Morgan fingerprint density at radius 3 is 2.61 bits per heavy atom. The van der Waals surface area contributed by atoms with Gasteiger partial charge in [0.05, 0.1) is 19.2 Å². The van der Waals surface area contributed by atoms with E-state index in [4.69, 9.17) is 4.74 Å². The summed E-state index contributed by atoms with van der Waals surface area (Å²) < 4.78 is 4.72. The summed E-state index contributed by atoms with van der Waals surface area (Å²) in [5.74, 6) is -0.584. The van der Waals surface area contributed by atoms with Crippen molar-refractivity contribution in [1.82, 2.24) is 5.32 Å². The van der Waals surface area contributed by atoms with Crippen molar-refractivity contribution in [2.75, 3.05) is 19.0 Å².